The maximum absolute atomic E-state index is 12.6. The van der Waals surface area contributed by atoms with E-state index >= 15 is 0 Å². The zero-order chi connectivity index (χ0) is 19.8. The van der Waals surface area contributed by atoms with Crippen LogP contribution in [-0.4, -0.2) is 34.2 Å². The van der Waals surface area contributed by atoms with E-state index in [1.165, 1.54) is 0 Å². The van der Waals surface area contributed by atoms with Crippen LogP contribution in [0.2, 0.25) is 0 Å². The summed E-state index contributed by atoms with van der Waals surface area (Å²) in [6, 6.07) is 9.72. The van der Waals surface area contributed by atoms with Crippen LogP contribution in [0.4, 0.5) is 0 Å². The van der Waals surface area contributed by atoms with E-state index in [-0.39, 0.29) is 24.8 Å². The highest BCUT2D eigenvalue weighted by Crippen LogP contribution is 2.36. The van der Waals surface area contributed by atoms with Crippen LogP contribution in [0.25, 0.3) is 5.65 Å². The molecule has 7 nitrogen and oxygen atoms in total. The number of amides is 1. The SMILES string of the molecule is Cc1ccc2nc(C(=O)NC3CCC(Oc4ccc5c(c4)OCO5)CC3)cn2c1. The van der Waals surface area contributed by atoms with Crippen LogP contribution in [0.15, 0.2) is 42.7 Å². The van der Waals surface area contributed by atoms with Crippen molar-refractivity contribution in [3.8, 4) is 17.2 Å². The van der Waals surface area contributed by atoms with Gasteiger partial charge in [0.25, 0.3) is 5.91 Å². The molecule has 3 aromatic rings. The molecule has 0 atom stereocenters. The Labute approximate surface area is 168 Å². The first-order chi connectivity index (χ1) is 14.1. The molecule has 3 heterocycles. The quantitative estimate of drug-likeness (QED) is 0.735. The normalized spacial score (nSPS) is 20.6. The number of ether oxygens (including phenoxy) is 3. The molecule has 1 aromatic carbocycles. The summed E-state index contributed by atoms with van der Waals surface area (Å²) in [5.41, 5.74) is 2.36. The van der Waals surface area contributed by atoms with Crippen molar-refractivity contribution in [1.29, 1.82) is 0 Å². The van der Waals surface area contributed by atoms with Gasteiger partial charge in [-0.2, -0.15) is 0 Å². The van der Waals surface area contributed by atoms with E-state index in [9.17, 15) is 4.79 Å². The van der Waals surface area contributed by atoms with Gasteiger partial charge in [-0.15, -0.1) is 0 Å². The minimum absolute atomic E-state index is 0.119. The Kier molecular flexibility index (Phi) is 4.50. The number of aromatic nitrogens is 2. The van der Waals surface area contributed by atoms with E-state index in [0.717, 1.165) is 54.1 Å². The van der Waals surface area contributed by atoms with Crippen LogP contribution >= 0.6 is 0 Å². The molecule has 1 aliphatic carbocycles. The second-order valence-electron chi connectivity index (χ2n) is 7.68. The lowest BCUT2D eigenvalue weighted by molar-refractivity contribution is 0.0889. The van der Waals surface area contributed by atoms with Gasteiger partial charge in [-0.05, 0) is 56.4 Å². The van der Waals surface area contributed by atoms with Crippen molar-refractivity contribution in [2.45, 2.75) is 44.8 Å². The summed E-state index contributed by atoms with van der Waals surface area (Å²) >= 11 is 0. The van der Waals surface area contributed by atoms with Gasteiger partial charge in [-0.3, -0.25) is 4.79 Å². The summed E-state index contributed by atoms with van der Waals surface area (Å²) in [6.07, 6.45) is 7.44. The van der Waals surface area contributed by atoms with Crippen LogP contribution < -0.4 is 19.5 Å². The van der Waals surface area contributed by atoms with Gasteiger partial charge >= 0.3 is 0 Å². The molecule has 5 rings (SSSR count). The third-order valence-corrected chi connectivity index (χ3v) is 5.49. The maximum Gasteiger partial charge on any atom is 0.271 e. The molecule has 29 heavy (non-hydrogen) atoms. The number of pyridine rings is 1. The zero-order valence-electron chi connectivity index (χ0n) is 16.3. The monoisotopic (exact) mass is 393 g/mol. The van der Waals surface area contributed by atoms with Gasteiger partial charge in [-0.1, -0.05) is 6.07 Å². The molecule has 1 aliphatic heterocycles. The predicted octanol–water partition coefficient (Wildman–Crippen LogP) is 3.49. The van der Waals surface area contributed by atoms with Crippen LogP contribution in [0, 0.1) is 6.92 Å². The number of aryl methyl sites for hydroxylation is 1. The second kappa shape index (κ2) is 7.31. The standard InChI is InChI=1S/C22H23N3O4/c1-14-2-9-21-24-18(12-25(21)11-14)22(26)23-15-3-5-16(6-4-15)29-17-7-8-19-20(10-17)28-13-27-19/h2,7-12,15-16H,3-6,13H2,1H3,(H,23,26). The first-order valence-corrected chi connectivity index (χ1v) is 9.96. The van der Waals surface area contributed by atoms with Gasteiger partial charge in [0.05, 0.1) is 6.10 Å². The number of hydrogen-bond donors (Lipinski definition) is 1. The number of nitrogens with one attached hydrogen (secondary N) is 1. The molecular weight excluding hydrogens is 370 g/mol. The van der Waals surface area contributed by atoms with Crippen molar-refractivity contribution >= 4 is 11.6 Å². The molecule has 0 saturated heterocycles. The largest absolute Gasteiger partial charge is 0.490 e. The number of hydrogen-bond acceptors (Lipinski definition) is 5. The van der Waals surface area contributed by atoms with Crippen molar-refractivity contribution in [2.75, 3.05) is 6.79 Å². The molecule has 0 unspecified atom stereocenters. The highest BCUT2D eigenvalue weighted by molar-refractivity contribution is 5.93. The maximum atomic E-state index is 12.6. The summed E-state index contributed by atoms with van der Waals surface area (Å²) in [6.45, 7) is 2.28. The Bertz CT molecular complexity index is 1050. The average Bonchev–Trinajstić information content (AvgIpc) is 3.35. The van der Waals surface area contributed by atoms with Crippen molar-refractivity contribution < 1.29 is 19.0 Å². The molecule has 1 N–H and O–H groups in total. The first kappa shape index (κ1) is 17.8. The van der Waals surface area contributed by atoms with Crippen molar-refractivity contribution in [2.24, 2.45) is 0 Å². The molecule has 2 aliphatic rings. The molecule has 7 heteroatoms. The highest BCUT2D eigenvalue weighted by atomic mass is 16.7. The van der Waals surface area contributed by atoms with Gasteiger partial charge in [0.1, 0.15) is 17.1 Å². The van der Waals surface area contributed by atoms with Gasteiger partial charge in [0.15, 0.2) is 11.5 Å². The summed E-state index contributed by atoms with van der Waals surface area (Å²) in [5.74, 6) is 2.16. The number of imidazole rings is 1. The third kappa shape index (κ3) is 3.72. The lowest BCUT2D eigenvalue weighted by atomic mass is 9.93. The fourth-order valence-electron chi connectivity index (χ4n) is 3.94. The van der Waals surface area contributed by atoms with E-state index in [2.05, 4.69) is 10.3 Å². The van der Waals surface area contributed by atoms with Crippen LogP contribution in [-0.2, 0) is 0 Å². The first-order valence-electron chi connectivity index (χ1n) is 9.96. The Balaban J connectivity index is 1.15. The topological polar surface area (TPSA) is 74.1 Å². The van der Waals surface area contributed by atoms with Gasteiger partial charge in [0.2, 0.25) is 6.79 Å². The summed E-state index contributed by atoms with van der Waals surface area (Å²) < 4.78 is 18.7. The van der Waals surface area contributed by atoms with Gasteiger partial charge < -0.3 is 23.9 Å². The Morgan fingerprint density at radius 1 is 1.10 bits per heavy atom. The Morgan fingerprint density at radius 3 is 2.79 bits per heavy atom. The second-order valence-corrected chi connectivity index (χ2v) is 7.68. The lowest BCUT2D eigenvalue weighted by Gasteiger charge is -2.29. The summed E-state index contributed by atoms with van der Waals surface area (Å²) in [5, 5.41) is 3.12. The Morgan fingerprint density at radius 2 is 1.93 bits per heavy atom. The number of fused-ring (bicyclic) bond motifs is 2. The molecular formula is C22H23N3O4. The van der Waals surface area contributed by atoms with Crippen molar-refractivity contribution in [3.05, 3.63) is 54.0 Å². The van der Waals surface area contributed by atoms with Crippen molar-refractivity contribution in [3.63, 3.8) is 0 Å². The van der Waals surface area contributed by atoms with Crippen LogP contribution in [0.5, 0.6) is 17.2 Å². The van der Waals surface area contributed by atoms with E-state index in [1.807, 2.05) is 47.9 Å². The molecule has 2 aromatic heterocycles. The van der Waals surface area contributed by atoms with E-state index < -0.39 is 0 Å². The number of nitrogens with zero attached hydrogens (tertiary/aromatic N) is 2. The molecule has 1 fully saturated rings. The number of carbonyl (C=O) groups excluding carboxylic acids is 1. The van der Waals surface area contributed by atoms with Crippen molar-refractivity contribution in [1.82, 2.24) is 14.7 Å². The van der Waals surface area contributed by atoms with E-state index in [0.29, 0.717) is 5.69 Å². The molecule has 0 radical (unpaired) electrons. The third-order valence-electron chi connectivity index (χ3n) is 5.49. The minimum atomic E-state index is -0.119. The average molecular weight is 393 g/mol. The fraction of sp³-hybridized carbons (Fsp3) is 0.364. The lowest BCUT2D eigenvalue weighted by Crippen LogP contribution is -2.39. The molecule has 150 valence electrons. The van der Waals surface area contributed by atoms with E-state index in [4.69, 9.17) is 14.2 Å². The summed E-state index contributed by atoms with van der Waals surface area (Å²) in [7, 11) is 0. The zero-order valence-corrected chi connectivity index (χ0v) is 16.3. The van der Waals surface area contributed by atoms with Gasteiger partial charge in [0, 0.05) is 24.5 Å². The minimum Gasteiger partial charge on any atom is -0.490 e. The smallest absolute Gasteiger partial charge is 0.271 e. The van der Waals surface area contributed by atoms with Crippen LogP contribution in [0.3, 0.4) is 0 Å². The van der Waals surface area contributed by atoms with Gasteiger partial charge in [-0.25, -0.2) is 4.98 Å². The van der Waals surface area contributed by atoms with Crippen LogP contribution in [0.1, 0.15) is 41.7 Å². The number of carbonyl (C=O) groups is 1. The summed E-state index contributed by atoms with van der Waals surface area (Å²) in [4.78, 5) is 17.0. The fourth-order valence-corrected chi connectivity index (χ4v) is 3.94. The molecule has 0 spiro atoms. The van der Waals surface area contributed by atoms with E-state index in [1.54, 1.807) is 6.20 Å². The number of rotatable bonds is 4. The Hall–Kier alpha value is -3.22. The predicted molar refractivity (Wildman–Crippen MR) is 107 cm³/mol. The highest BCUT2D eigenvalue weighted by Gasteiger charge is 2.25. The number of benzene rings is 1. The molecule has 0 bridgehead atoms. The molecule has 1 saturated carbocycles. The molecule has 1 amide bonds.